The number of aryl methyl sites for hydroxylation is 3. The summed E-state index contributed by atoms with van der Waals surface area (Å²) in [7, 11) is 0. The molecule has 1 aromatic heterocycles. The van der Waals surface area contributed by atoms with E-state index in [1.807, 2.05) is 6.92 Å². The van der Waals surface area contributed by atoms with Crippen LogP contribution in [-0.4, -0.2) is 10.8 Å². The molecule has 0 aliphatic heterocycles. The lowest BCUT2D eigenvalue weighted by atomic mass is 10.1. The van der Waals surface area contributed by atoms with Gasteiger partial charge in [-0.2, -0.15) is 0 Å². The molecule has 2 nitrogen and oxygen atoms in total. The Morgan fingerprint density at radius 2 is 1.78 bits per heavy atom. The van der Waals surface area contributed by atoms with Gasteiger partial charge in [-0.3, -0.25) is 4.79 Å². The van der Waals surface area contributed by atoms with Gasteiger partial charge in [0.25, 0.3) is 0 Å². The van der Waals surface area contributed by atoms with Crippen LogP contribution in [0.2, 0.25) is 0 Å². The molecule has 94 valence electrons. The molecular weight excluding hydrogens is 242 g/mol. The molecule has 1 heterocycles. The average Bonchev–Trinajstić information content (AvgIpc) is 2.57. The summed E-state index contributed by atoms with van der Waals surface area (Å²) in [4.78, 5) is 16.7. The largest absolute Gasteiger partial charge is 0.294 e. The molecule has 0 amide bonds. The molecule has 18 heavy (non-hydrogen) atoms. The number of hydrogen-bond acceptors (Lipinski definition) is 3. The predicted octanol–water partition coefficient (Wildman–Crippen LogP) is 3.86. The van der Waals surface area contributed by atoms with Crippen molar-refractivity contribution in [3.05, 3.63) is 50.5 Å². The number of aromatic nitrogens is 1. The van der Waals surface area contributed by atoms with Gasteiger partial charge in [0.1, 0.15) is 0 Å². The third-order valence-corrected chi connectivity index (χ3v) is 4.06. The van der Waals surface area contributed by atoms with Crippen LogP contribution >= 0.6 is 11.3 Å². The Morgan fingerprint density at radius 3 is 2.28 bits per heavy atom. The van der Waals surface area contributed by atoms with Crippen LogP contribution in [0.1, 0.15) is 44.0 Å². The average molecular weight is 259 g/mol. The lowest BCUT2D eigenvalue weighted by Crippen LogP contribution is -1.90. The first-order chi connectivity index (χ1) is 8.45. The summed E-state index contributed by atoms with van der Waals surface area (Å²) in [6.07, 6.45) is 0.807. The van der Waals surface area contributed by atoms with Crippen LogP contribution < -0.4 is 0 Å². The zero-order chi connectivity index (χ0) is 13.3. The van der Waals surface area contributed by atoms with Gasteiger partial charge >= 0.3 is 0 Å². The fourth-order valence-electron chi connectivity index (χ4n) is 2.20. The summed E-state index contributed by atoms with van der Waals surface area (Å²) in [5.74, 6) is 0.108. The van der Waals surface area contributed by atoms with Gasteiger partial charge in [-0.1, -0.05) is 29.3 Å². The minimum absolute atomic E-state index is 0.108. The molecule has 1 aromatic carbocycles. The van der Waals surface area contributed by atoms with Crippen LogP contribution in [0.25, 0.3) is 0 Å². The van der Waals surface area contributed by atoms with E-state index in [0.29, 0.717) is 0 Å². The number of ketones is 1. The van der Waals surface area contributed by atoms with E-state index in [0.717, 1.165) is 22.0 Å². The Balaban J connectivity index is 2.28. The molecule has 2 aromatic rings. The van der Waals surface area contributed by atoms with Crippen LogP contribution in [0.4, 0.5) is 0 Å². The Bertz CT molecular complexity index is 578. The van der Waals surface area contributed by atoms with E-state index >= 15 is 0 Å². The summed E-state index contributed by atoms with van der Waals surface area (Å²) in [6.45, 7) is 7.70. The van der Waals surface area contributed by atoms with E-state index in [1.54, 1.807) is 6.92 Å². The SMILES string of the molecule is CC(=O)c1sc(Cc2cc(C)cc(C)c2)nc1C. The van der Waals surface area contributed by atoms with E-state index < -0.39 is 0 Å². The second-order valence-corrected chi connectivity index (χ2v) is 5.83. The monoisotopic (exact) mass is 259 g/mol. The third kappa shape index (κ3) is 2.85. The first-order valence-electron chi connectivity index (χ1n) is 6.00. The van der Waals surface area contributed by atoms with Gasteiger partial charge in [-0.25, -0.2) is 4.98 Å². The Labute approximate surface area is 112 Å². The Morgan fingerprint density at radius 1 is 1.17 bits per heavy atom. The van der Waals surface area contributed by atoms with Gasteiger partial charge in [-0.15, -0.1) is 11.3 Å². The topological polar surface area (TPSA) is 30.0 Å². The Hall–Kier alpha value is -1.48. The van der Waals surface area contributed by atoms with Gasteiger partial charge in [0.2, 0.25) is 0 Å². The van der Waals surface area contributed by atoms with E-state index in [9.17, 15) is 4.79 Å². The third-order valence-electron chi connectivity index (χ3n) is 2.80. The number of nitrogens with zero attached hydrogens (tertiary/aromatic N) is 1. The van der Waals surface area contributed by atoms with Crippen LogP contribution in [-0.2, 0) is 6.42 Å². The molecule has 2 rings (SSSR count). The van der Waals surface area contributed by atoms with Gasteiger partial charge < -0.3 is 0 Å². The number of thiazole rings is 1. The summed E-state index contributed by atoms with van der Waals surface area (Å²) in [5, 5.41) is 1.02. The molecule has 0 radical (unpaired) electrons. The van der Waals surface area contributed by atoms with Gasteiger partial charge in [0, 0.05) is 13.3 Å². The highest BCUT2D eigenvalue weighted by Crippen LogP contribution is 2.22. The van der Waals surface area contributed by atoms with Gasteiger partial charge in [-0.05, 0) is 26.3 Å². The lowest BCUT2D eigenvalue weighted by molar-refractivity contribution is 0.102. The molecule has 0 N–H and O–H groups in total. The molecule has 0 aliphatic carbocycles. The number of rotatable bonds is 3. The van der Waals surface area contributed by atoms with Crippen molar-refractivity contribution >= 4 is 17.1 Å². The fourth-order valence-corrected chi connectivity index (χ4v) is 3.19. The van der Waals surface area contributed by atoms with Crippen LogP contribution in [0.15, 0.2) is 18.2 Å². The Kier molecular flexibility index (Phi) is 3.62. The molecule has 0 bridgehead atoms. The molecule has 0 saturated carbocycles. The van der Waals surface area contributed by atoms with E-state index in [2.05, 4.69) is 37.0 Å². The first-order valence-corrected chi connectivity index (χ1v) is 6.82. The lowest BCUT2D eigenvalue weighted by Gasteiger charge is -2.02. The molecule has 0 aliphatic rings. The summed E-state index contributed by atoms with van der Waals surface area (Å²) in [6, 6.07) is 6.52. The maximum absolute atomic E-state index is 11.4. The first kappa shape index (κ1) is 13.0. The maximum atomic E-state index is 11.4. The smallest absolute Gasteiger partial charge is 0.171 e. The highest BCUT2D eigenvalue weighted by atomic mass is 32.1. The summed E-state index contributed by atoms with van der Waals surface area (Å²) >= 11 is 1.51. The molecular formula is C15H17NOS. The number of Topliss-reactive ketones (excluding diaryl/α,β-unsaturated/α-hetero) is 1. The van der Waals surface area contributed by atoms with Crippen LogP contribution in [0.3, 0.4) is 0 Å². The standard InChI is InChI=1S/C15H17NOS/c1-9-5-10(2)7-13(6-9)8-14-16-11(3)15(18-14)12(4)17/h5-7H,8H2,1-4H3. The highest BCUT2D eigenvalue weighted by molar-refractivity contribution is 7.13. The van der Waals surface area contributed by atoms with Gasteiger partial charge in [0.15, 0.2) is 5.78 Å². The van der Waals surface area contributed by atoms with E-state index in [1.165, 1.54) is 28.0 Å². The summed E-state index contributed by atoms with van der Waals surface area (Å²) < 4.78 is 0. The fraction of sp³-hybridized carbons (Fsp3) is 0.333. The van der Waals surface area contributed by atoms with Crippen molar-refractivity contribution in [3.63, 3.8) is 0 Å². The molecule has 0 saturated heterocycles. The van der Waals surface area contributed by atoms with Crippen molar-refractivity contribution in [1.82, 2.24) is 4.98 Å². The molecule has 3 heteroatoms. The zero-order valence-corrected chi connectivity index (χ0v) is 12.0. The predicted molar refractivity (Wildman–Crippen MR) is 75.6 cm³/mol. The second kappa shape index (κ2) is 5.02. The van der Waals surface area contributed by atoms with Crippen molar-refractivity contribution in [2.45, 2.75) is 34.1 Å². The normalized spacial score (nSPS) is 10.7. The van der Waals surface area contributed by atoms with Crippen LogP contribution in [0, 0.1) is 20.8 Å². The zero-order valence-electron chi connectivity index (χ0n) is 11.2. The maximum Gasteiger partial charge on any atom is 0.171 e. The second-order valence-electron chi connectivity index (χ2n) is 4.75. The minimum atomic E-state index is 0.108. The van der Waals surface area contributed by atoms with Crippen molar-refractivity contribution in [3.8, 4) is 0 Å². The van der Waals surface area contributed by atoms with Crippen molar-refractivity contribution in [1.29, 1.82) is 0 Å². The van der Waals surface area contributed by atoms with Crippen molar-refractivity contribution in [2.75, 3.05) is 0 Å². The number of carbonyl (C=O) groups excluding carboxylic acids is 1. The number of hydrogen-bond donors (Lipinski definition) is 0. The van der Waals surface area contributed by atoms with E-state index in [4.69, 9.17) is 0 Å². The highest BCUT2D eigenvalue weighted by Gasteiger charge is 2.11. The molecule has 0 atom stereocenters. The van der Waals surface area contributed by atoms with Crippen molar-refractivity contribution in [2.24, 2.45) is 0 Å². The number of benzene rings is 1. The van der Waals surface area contributed by atoms with E-state index in [-0.39, 0.29) is 5.78 Å². The summed E-state index contributed by atoms with van der Waals surface area (Å²) in [5.41, 5.74) is 4.65. The van der Waals surface area contributed by atoms with Crippen LogP contribution in [0.5, 0.6) is 0 Å². The molecule has 0 unspecified atom stereocenters. The van der Waals surface area contributed by atoms with Crippen molar-refractivity contribution < 1.29 is 4.79 Å². The number of carbonyl (C=O) groups is 1. The van der Waals surface area contributed by atoms with Gasteiger partial charge in [0.05, 0.1) is 15.6 Å². The molecule has 0 fully saturated rings. The quantitative estimate of drug-likeness (QED) is 0.783. The minimum Gasteiger partial charge on any atom is -0.294 e. The molecule has 0 spiro atoms.